The second-order valence-electron chi connectivity index (χ2n) is 11.6. The third-order valence-corrected chi connectivity index (χ3v) is 7.97. The first kappa shape index (κ1) is 41.3. The Kier molecular flexibility index (Phi) is 17.2. The Balaban J connectivity index is 0.000000216. The molecule has 0 fully saturated rings. The van der Waals surface area contributed by atoms with Crippen LogP contribution in [0.15, 0.2) is 84.9 Å². The van der Waals surface area contributed by atoms with E-state index in [1.54, 1.807) is 12.1 Å². The maximum Gasteiger partial charge on any atom is 0.491 e. The number of fused-ring (bicyclic) bond motifs is 2. The van der Waals surface area contributed by atoms with Crippen molar-refractivity contribution in [2.45, 2.75) is 60.7 Å². The molecule has 2 heterocycles. The second-order valence-corrected chi connectivity index (χ2v) is 12.2. The second kappa shape index (κ2) is 21.3. The van der Waals surface area contributed by atoms with Crippen molar-refractivity contribution >= 4 is 53.5 Å². The zero-order valence-corrected chi connectivity index (χ0v) is 30.7. The molecule has 2 aliphatic rings. The molecular formula is C38H47B2ClN2O8. The topological polar surface area (TPSA) is 141 Å². The van der Waals surface area contributed by atoms with Gasteiger partial charge in [0.1, 0.15) is 28.8 Å². The molecule has 0 aliphatic carbocycles. The first-order valence-corrected chi connectivity index (χ1v) is 17.4. The predicted molar refractivity (Wildman–Crippen MR) is 204 cm³/mol. The number of benzene rings is 4. The Hall–Kier alpha value is -4.16. The highest BCUT2D eigenvalue weighted by atomic mass is 35.5. The van der Waals surface area contributed by atoms with Crippen molar-refractivity contribution in [1.29, 1.82) is 0 Å². The van der Waals surface area contributed by atoms with Crippen LogP contribution in [0.4, 0.5) is 5.69 Å². The molecule has 4 N–H and O–H groups in total. The first-order chi connectivity index (χ1) is 24.5. The summed E-state index contributed by atoms with van der Waals surface area (Å²) in [5, 5.41) is 18.7. The minimum absolute atomic E-state index is 0.228. The first-order valence-electron chi connectivity index (χ1n) is 17.0. The lowest BCUT2D eigenvalue weighted by Crippen LogP contribution is -2.27. The third kappa shape index (κ3) is 13.8. The Bertz CT molecular complexity index is 1680. The number of hydrogen-bond acceptors (Lipinski definition) is 10. The SMILES string of the molecule is CC(=O)Cl.CCC(=O)Cc1ccc(Oc2ccc3c(c2)COB3O)cc1.CCN(CC)CC.Nc1ccc(Oc2ccc3c(c2)COB3O)cc1. The fourth-order valence-corrected chi connectivity index (χ4v) is 5.05. The van der Waals surface area contributed by atoms with Gasteiger partial charge < -0.3 is 39.5 Å². The fraction of sp³-hybridized carbons (Fsp3) is 0.316. The molecule has 10 nitrogen and oxygen atoms in total. The molecule has 0 radical (unpaired) electrons. The van der Waals surface area contributed by atoms with E-state index in [-0.39, 0.29) is 11.0 Å². The minimum Gasteiger partial charge on any atom is -0.457 e. The van der Waals surface area contributed by atoms with E-state index in [0.29, 0.717) is 43.2 Å². The van der Waals surface area contributed by atoms with Gasteiger partial charge in [-0.3, -0.25) is 9.59 Å². The molecule has 0 bridgehead atoms. The summed E-state index contributed by atoms with van der Waals surface area (Å²) in [6.07, 6.45) is 1.02. The zero-order chi connectivity index (χ0) is 37.3. The Morgan fingerprint density at radius 1 is 0.725 bits per heavy atom. The van der Waals surface area contributed by atoms with Crippen molar-refractivity contribution in [1.82, 2.24) is 4.90 Å². The van der Waals surface area contributed by atoms with E-state index in [1.807, 2.05) is 79.7 Å². The third-order valence-electron chi connectivity index (χ3n) is 7.97. The van der Waals surface area contributed by atoms with Gasteiger partial charge in [0.05, 0.1) is 13.2 Å². The monoisotopic (exact) mass is 716 g/mol. The highest BCUT2D eigenvalue weighted by molar-refractivity contribution is 6.63. The molecule has 0 unspecified atom stereocenters. The van der Waals surface area contributed by atoms with Crippen LogP contribution in [0.1, 0.15) is 57.7 Å². The van der Waals surface area contributed by atoms with Crippen LogP contribution in [0.5, 0.6) is 23.0 Å². The number of nitrogen functional groups attached to an aromatic ring is 1. The summed E-state index contributed by atoms with van der Waals surface area (Å²) in [5.41, 5.74) is 10.8. The summed E-state index contributed by atoms with van der Waals surface area (Å²) in [5.74, 6) is 3.09. The van der Waals surface area contributed by atoms with Gasteiger partial charge in [0.2, 0.25) is 5.24 Å². The van der Waals surface area contributed by atoms with Crippen LogP contribution in [0.25, 0.3) is 0 Å². The quantitative estimate of drug-likeness (QED) is 0.108. The normalized spacial score (nSPS) is 12.3. The Morgan fingerprint density at radius 2 is 1.12 bits per heavy atom. The molecule has 4 aromatic rings. The summed E-state index contributed by atoms with van der Waals surface area (Å²) in [7, 11) is -1.65. The van der Waals surface area contributed by atoms with Crippen molar-refractivity contribution < 1.29 is 38.4 Å². The summed E-state index contributed by atoms with van der Waals surface area (Å²) in [6.45, 7) is 14.1. The summed E-state index contributed by atoms with van der Waals surface area (Å²) >= 11 is 4.64. The number of ketones is 1. The average Bonchev–Trinajstić information content (AvgIpc) is 3.68. The number of ether oxygens (including phenoxy) is 2. The molecule has 270 valence electrons. The predicted octanol–water partition coefficient (Wildman–Crippen LogP) is 5.62. The fourth-order valence-electron chi connectivity index (χ4n) is 5.05. The number of carbonyl (C=O) groups is 2. The van der Waals surface area contributed by atoms with Crippen molar-refractivity contribution in [2.75, 3.05) is 25.4 Å². The van der Waals surface area contributed by atoms with Gasteiger partial charge in [-0.1, -0.05) is 52.0 Å². The molecule has 2 aliphatic heterocycles. The molecule has 4 aromatic carbocycles. The zero-order valence-electron chi connectivity index (χ0n) is 29.9. The Morgan fingerprint density at radius 3 is 1.49 bits per heavy atom. The van der Waals surface area contributed by atoms with Gasteiger partial charge in [-0.2, -0.15) is 0 Å². The molecule has 0 atom stereocenters. The molecule has 0 saturated heterocycles. The number of Topliss-reactive ketones (excluding diaryl/α,β-unsaturated/α-hetero) is 1. The highest BCUT2D eigenvalue weighted by Crippen LogP contribution is 2.25. The lowest BCUT2D eigenvalue weighted by Gasteiger charge is -2.13. The van der Waals surface area contributed by atoms with Crippen LogP contribution < -0.4 is 26.1 Å². The van der Waals surface area contributed by atoms with Crippen molar-refractivity contribution in [3.63, 3.8) is 0 Å². The van der Waals surface area contributed by atoms with Crippen LogP contribution in [0.3, 0.4) is 0 Å². The lowest BCUT2D eigenvalue weighted by molar-refractivity contribution is -0.118. The van der Waals surface area contributed by atoms with Gasteiger partial charge in [0.25, 0.3) is 0 Å². The highest BCUT2D eigenvalue weighted by Gasteiger charge is 2.28. The van der Waals surface area contributed by atoms with Gasteiger partial charge in [-0.15, -0.1) is 0 Å². The van der Waals surface area contributed by atoms with E-state index in [1.165, 1.54) is 26.6 Å². The van der Waals surface area contributed by atoms with Gasteiger partial charge in [-0.05, 0) is 120 Å². The van der Waals surface area contributed by atoms with E-state index in [4.69, 9.17) is 24.5 Å². The average molecular weight is 717 g/mol. The summed E-state index contributed by atoms with van der Waals surface area (Å²) < 4.78 is 21.8. The van der Waals surface area contributed by atoms with Gasteiger partial charge in [0, 0.05) is 25.5 Å². The number of carbonyl (C=O) groups excluding carboxylic acids is 2. The minimum atomic E-state index is -0.834. The van der Waals surface area contributed by atoms with Crippen LogP contribution in [0, 0.1) is 0 Å². The number of nitrogens with zero attached hydrogens (tertiary/aromatic N) is 1. The molecule has 6 rings (SSSR count). The number of hydrogen-bond donors (Lipinski definition) is 3. The van der Waals surface area contributed by atoms with Crippen LogP contribution >= 0.6 is 11.6 Å². The van der Waals surface area contributed by atoms with Gasteiger partial charge in [-0.25, -0.2) is 0 Å². The number of rotatable bonds is 10. The largest absolute Gasteiger partial charge is 0.491 e. The molecule has 0 spiro atoms. The van der Waals surface area contributed by atoms with Crippen LogP contribution in [-0.2, 0) is 38.5 Å². The number of anilines is 1. The summed E-state index contributed by atoms with van der Waals surface area (Å²) in [4.78, 5) is 23.0. The molecule has 13 heteroatoms. The van der Waals surface area contributed by atoms with Gasteiger partial charge in [0.15, 0.2) is 0 Å². The van der Waals surface area contributed by atoms with Crippen LogP contribution in [0.2, 0.25) is 0 Å². The number of halogens is 1. The molecule has 0 aromatic heterocycles. The maximum atomic E-state index is 11.4. The summed E-state index contributed by atoms with van der Waals surface area (Å²) in [6, 6.07) is 25.7. The van der Waals surface area contributed by atoms with Crippen LogP contribution in [-0.4, -0.2) is 59.8 Å². The van der Waals surface area contributed by atoms with Gasteiger partial charge >= 0.3 is 14.2 Å². The molecule has 51 heavy (non-hydrogen) atoms. The van der Waals surface area contributed by atoms with E-state index < -0.39 is 14.2 Å². The van der Waals surface area contributed by atoms with E-state index in [0.717, 1.165) is 39.1 Å². The van der Waals surface area contributed by atoms with E-state index >= 15 is 0 Å². The van der Waals surface area contributed by atoms with Crippen molar-refractivity contribution in [2.24, 2.45) is 0 Å². The standard InChI is InChI=1S/C17H17BO4.C13H12BNO3.C6H15N.C2H3ClO/c1-2-14(19)9-12-3-5-15(6-4-12)22-16-7-8-17-13(10-16)11-21-18(17)20;15-10-1-3-11(4-2-10)18-12-5-6-13-9(7-12)8-17-14(13)16;1-4-7(5-2)6-3;1-2(3)4/h3-8,10,20H,2,9,11H2,1H3;1-7,16H,8,15H2;4-6H2,1-3H3;1H3. The number of nitrogens with two attached hydrogens (primary N) is 1. The molecule has 0 amide bonds. The van der Waals surface area contributed by atoms with Crippen molar-refractivity contribution in [3.05, 3.63) is 102 Å². The van der Waals surface area contributed by atoms with Crippen molar-refractivity contribution in [3.8, 4) is 23.0 Å². The lowest BCUT2D eigenvalue weighted by atomic mass is 9.80. The Labute approximate surface area is 306 Å². The maximum absolute atomic E-state index is 11.4. The smallest absolute Gasteiger partial charge is 0.457 e. The van der Waals surface area contributed by atoms with E-state index in [2.05, 4.69) is 37.3 Å². The van der Waals surface area contributed by atoms with E-state index in [9.17, 15) is 19.6 Å². The molecular weight excluding hydrogens is 670 g/mol. The molecule has 0 saturated carbocycles.